The number of guanidine groups is 1. The molecule has 1 aromatic carbocycles. The van der Waals surface area contributed by atoms with Crippen molar-refractivity contribution in [2.24, 2.45) is 4.99 Å². The molecule has 7 heteroatoms. The summed E-state index contributed by atoms with van der Waals surface area (Å²) in [5.74, 6) is 0.761. The van der Waals surface area contributed by atoms with E-state index in [1.807, 2.05) is 0 Å². The first kappa shape index (κ1) is 27.1. The lowest BCUT2D eigenvalue weighted by Crippen LogP contribution is -2.47. The van der Waals surface area contributed by atoms with Gasteiger partial charge in [0.1, 0.15) is 0 Å². The molecule has 0 unspecified atom stereocenters. The fraction of sp³-hybridized carbons (Fsp3) is 0.696. The number of halogens is 1. The van der Waals surface area contributed by atoms with Gasteiger partial charge in [-0.3, -0.25) is 4.90 Å². The quantitative estimate of drug-likeness (QED) is 0.231. The standard InChI is InChI=1S/C23H40N4O2.HI/c1-4-10-23(28,11-5-2)19-26-22(24-6-3)25-17-20-8-7-9-21(16-20)18-27-12-14-29-15-13-27;/h7-9,16,28H,4-6,10-15,17-19H2,1-3H3,(H2,24,25,26);1H. The molecule has 0 bridgehead atoms. The SMILES string of the molecule is CCCC(O)(CCC)CNC(=NCc1cccc(CN2CCOCC2)c1)NCC.I. The van der Waals surface area contributed by atoms with Gasteiger partial charge in [-0.05, 0) is 30.9 Å². The minimum atomic E-state index is -0.669. The number of hydrogen-bond acceptors (Lipinski definition) is 4. The Hall–Kier alpha value is -0.900. The molecule has 0 radical (unpaired) electrons. The highest BCUT2D eigenvalue weighted by Gasteiger charge is 2.24. The van der Waals surface area contributed by atoms with E-state index in [-0.39, 0.29) is 24.0 Å². The van der Waals surface area contributed by atoms with Crippen molar-refractivity contribution < 1.29 is 9.84 Å². The first-order valence-corrected chi connectivity index (χ1v) is 11.2. The predicted molar refractivity (Wildman–Crippen MR) is 136 cm³/mol. The molecule has 1 heterocycles. The molecular weight excluding hydrogens is 491 g/mol. The summed E-state index contributed by atoms with van der Waals surface area (Å²) in [7, 11) is 0. The fourth-order valence-electron chi connectivity index (χ4n) is 3.84. The molecule has 0 saturated carbocycles. The van der Waals surface area contributed by atoms with E-state index in [0.717, 1.165) is 71.0 Å². The van der Waals surface area contributed by atoms with Crippen molar-refractivity contribution in [3.05, 3.63) is 35.4 Å². The molecule has 0 aliphatic carbocycles. The molecule has 0 amide bonds. The Morgan fingerprint density at radius 1 is 1.10 bits per heavy atom. The Labute approximate surface area is 199 Å². The first-order valence-electron chi connectivity index (χ1n) is 11.2. The highest BCUT2D eigenvalue weighted by molar-refractivity contribution is 14.0. The Balaban J connectivity index is 0.00000450. The maximum absolute atomic E-state index is 10.8. The van der Waals surface area contributed by atoms with Gasteiger partial charge in [-0.15, -0.1) is 24.0 Å². The predicted octanol–water partition coefficient (Wildman–Crippen LogP) is 3.52. The van der Waals surface area contributed by atoms with E-state index >= 15 is 0 Å². The van der Waals surface area contributed by atoms with Crippen LogP contribution in [0, 0.1) is 0 Å². The number of nitrogens with zero attached hydrogens (tertiary/aromatic N) is 2. The second-order valence-corrected chi connectivity index (χ2v) is 7.98. The van der Waals surface area contributed by atoms with Gasteiger partial charge >= 0.3 is 0 Å². The van der Waals surface area contributed by atoms with Crippen LogP contribution in [0.25, 0.3) is 0 Å². The first-order chi connectivity index (χ1) is 14.1. The molecule has 1 fully saturated rings. The average Bonchev–Trinajstić information content (AvgIpc) is 2.72. The number of hydrogen-bond donors (Lipinski definition) is 3. The van der Waals surface area contributed by atoms with E-state index in [1.165, 1.54) is 11.1 Å². The average molecular weight is 533 g/mol. The maximum atomic E-state index is 10.8. The Bertz CT molecular complexity index is 615. The summed E-state index contributed by atoms with van der Waals surface area (Å²) in [6, 6.07) is 8.66. The molecule has 1 aromatic rings. The van der Waals surface area contributed by atoms with Crippen LogP contribution in [0.5, 0.6) is 0 Å². The monoisotopic (exact) mass is 532 g/mol. The summed E-state index contributed by atoms with van der Waals surface area (Å²) in [5, 5.41) is 17.5. The Morgan fingerprint density at radius 3 is 2.40 bits per heavy atom. The normalized spacial score (nSPS) is 15.5. The lowest BCUT2D eigenvalue weighted by atomic mass is 9.93. The van der Waals surface area contributed by atoms with E-state index in [0.29, 0.717) is 13.1 Å². The summed E-state index contributed by atoms with van der Waals surface area (Å²) in [4.78, 5) is 7.18. The number of rotatable bonds is 11. The van der Waals surface area contributed by atoms with Crippen molar-refractivity contribution in [3.63, 3.8) is 0 Å². The molecule has 2 rings (SSSR count). The van der Waals surface area contributed by atoms with Gasteiger partial charge in [0, 0.05) is 32.7 Å². The van der Waals surface area contributed by atoms with Crippen LogP contribution in [0.1, 0.15) is 57.6 Å². The zero-order chi connectivity index (χ0) is 21.0. The lowest BCUT2D eigenvalue weighted by molar-refractivity contribution is 0.0257. The number of ether oxygens (including phenoxy) is 1. The summed E-state index contributed by atoms with van der Waals surface area (Å²) in [6.45, 7) is 12.8. The number of morpholine rings is 1. The molecule has 172 valence electrons. The van der Waals surface area contributed by atoms with Gasteiger partial charge in [-0.2, -0.15) is 0 Å². The molecule has 0 spiro atoms. The second-order valence-electron chi connectivity index (χ2n) is 7.98. The molecule has 1 aliphatic heterocycles. The van der Waals surface area contributed by atoms with Crippen molar-refractivity contribution in [1.29, 1.82) is 0 Å². The van der Waals surface area contributed by atoms with E-state index in [9.17, 15) is 5.11 Å². The molecule has 1 aliphatic rings. The van der Waals surface area contributed by atoms with Crippen LogP contribution >= 0.6 is 24.0 Å². The van der Waals surface area contributed by atoms with Crippen LogP contribution in [-0.2, 0) is 17.8 Å². The zero-order valence-corrected chi connectivity index (χ0v) is 21.3. The van der Waals surface area contributed by atoms with Gasteiger partial charge in [0.25, 0.3) is 0 Å². The summed E-state index contributed by atoms with van der Waals surface area (Å²) in [6.07, 6.45) is 3.55. The fourth-order valence-corrected chi connectivity index (χ4v) is 3.84. The molecule has 3 N–H and O–H groups in total. The van der Waals surface area contributed by atoms with Gasteiger partial charge in [0.15, 0.2) is 5.96 Å². The Kier molecular flexibility index (Phi) is 13.6. The van der Waals surface area contributed by atoms with E-state index < -0.39 is 5.60 Å². The van der Waals surface area contributed by atoms with Crippen molar-refractivity contribution in [2.45, 2.75) is 65.1 Å². The van der Waals surface area contributed by atoms with Crippen LogP contribution in [0.15, 0.2) is 29.3 Å². The summed E-state index contributed by atoms with van der Waals surface area (Å²) < 4.78 is 5.44. The van der Waals surface area contributed by atoms with Crippen molar-refractivity contribution in [3.8, 4) is 0 Å². The van der Waals surface area contributed by atoms with E-state index in [4.69, 9.17) is 9.73 Å². The van der Waals surface area contributed by atoms with Crippen LogP contribution in [0.2, 0.25) is 0 Å². The Morgan fingerprint density at radius 2 is 1.77 bits per heavy atom. The number of benzene rings is 1. The largest absolute Gasteiger partial charge is 0.388 e. The van der Waals surface area contributed by atoms with Crippen molar-refractivity contribution >= 4 is 29.9 Å². The van der Waals surface area contributed by atoms with Gasteiger partial charge in [-0.25, -0.2) is 4.99 Å². The van der Waals surface area contributed by atoms with Crippen LogP contribution in [-0.4, -0.2) is 61.0 Å². The van der Waals surface area contributed by atoms with Gasteiger partial charge in [0.2, 0.25) is 0 Å². The number of nitrogens with one attached hydrogen (secondary N) is 2. The third-order valence-corrected chi connectivity index (χ3v) is 5.28. The highest BCUT2D eigenvalue weighted by Crippen LogP contribution is 2.18. The smallest absolute Gasteiger partial charge is 0.191 e. The molecule has 0 aromatic heterocycles. The molecular formula is C23H41IN4O2. The van der Waals surface area contributed by atoms with Crippen LogP contribution in [0.4, 0.5) is 0 Å². The van der Waals surface area contributed by atoms with Crippen LogP contribution < -0.4 is 10.6 Å². The van der Waals surface area contributed by atoms with Gasteiger partial charge < -0.3 is 20.5 Å². The molecule has 1 saturated heterocycles. The maximum Gasteiger partial charge on any atom is 0.191 e. The van der Waals surface area contributed by atoms with Crippen molar-refractivity contribution in [2.75, 3.05) is 39.4 Å². The van der Waals surface area contributed by atoms with Crippen LogP contribution in [0.3, 0.4) is 0 Å². The molecule has 30 heavy (non-hydrogen) atoms. The lowest BCUT2D eigenvalue weighted by Gasteiger charge is -2.28. The zero-order valence-electron chi connectivity index (χ0n) is 19.0. The summed E-state index contributed by atoms with van der Waals surface area (Å²) >= 11 is 0. The third kappa shape index (κ3) is 9.94. The topological polar surface area (TPSA) is 69.1 Å². The minimum absolute atomic E-state index is 0. The van der Waals surface area contributed by atoms with E-state index in [1.54, 1.807) is 0 Å². The van der Waals surface area contributed by atoms with Crippen molar-refractivity contribution in [1.82, 2.24) is 15.5 Å². The third-order valence-electron chi connectivity index (χ3n) is 5.28. The van der Waals surface area contributed by atoms with Gasteiger partial charge in [-0.1, -0.05) is 51.0 Å². The minimum Gasteiger partial charge on any atom is -0.388 e. The second kappa shape index (κ2) is 15.0. The molecule has 0 atom stereocenters. The van der Waals surface area contributed by atoms with E-state index in [2.05, 4.69) is 60.6 Å². The summed E-state index contributed by atoms with van der Waals surface area (Å²) in [5.41, 5.74) is 1.85. The molecule has 6 nitrogen and oxygen atoms in total. The van der Waals surface area contributed by atoms with Gasteiger partial charge in [0.05, 0.1) is 25.4 Å². The number of aliphatic hydroxyl groups is 1. The highest BCUT2D eigenvalue weighted by atomic mass is 127. The number of aliphatic imine (C=N–C) groups is 1.